The average molecular weight is 656 g/mol. The summed E-state index contributed by atoms with van der Waals surface area (Å²) in [4.78, 5) is 38.9. The molecule has 7 heteroatoms. The number of carboxylic acid groups (broad SMARTS) is 1. The lowest BCUT2D eigenvalue weighted by Crippen LogP contribution is -2.67. The third-order valence-electron chi connectivity index (χ3n) is 15.6. The van der Waals surface area contributed by atoms with Gasteiger partial charge in [0, 0.05) is 12.0 Å². The highest BCUT2D eigenvalue weighted by Gasteiger charge is 2.72. The van der Waals surface area contributed by atoms with Crippen molar-refractivity contribution in [2.75, 3.05) is 6.54 Å². The summed E-state index contributed by atoms with van der Waals surface area (Å²) in [6, 6.07) is 0. The Morgan fingerprint density at radius 1 is 0.851 bits per heavy atom. The van der Waals surface area contributed by atoms with Gasteiger partial charge in [0.25, 0.3) is 0 Å². The molecule has 5 saturated carbocycles. The Balaban J connectivity index is 1.42. The third kappa shape index (κ3) is 5.61. The van der Waals surface area contributed by atoms with Crippen molar-refractivity contribution in [3.8, 4) is 0 Å². The molecule has 10 atom stereocenters. The highest BCUT2D eigenvalue weighted by atomic mass is 16.5. The van der Waals surface area contributed by atoms with E-state index in [9.17, 15) is 24.6 Å². The van der Waals surface area contributed by atoms with E-state index in [-0.39, 0.29) is 52.6 Å². The zero-order chi connectivity index (χ0) is 35.2. The Hall–Kier alpha value is -1.89. The largest absolute Gasteiger partial charge is 0.481 e. The maximum atomic E-state index is 14.2. The van der Waals surface area contributed by atoms with Crippen molar-refractivity contribution in [3.05, 3.63) is 12.2 Å². The van der Waals surface area contributed by atoms with Crippen LogP contribution in [-0.4, -0.2) is 46.3 Å². The zero-order valence-corrected chi connectivity index (χ0v) is 31.2. The van der Waals surface area contributed by atoms with Crippen molar-refractivity contribution < 1.29 is 29.3 Å². The summed E-state index contributed by atoms with van der Waals surface area (Å²) in [5.74, 6) is 0.740. The summed E-state index contributed by atoms with van der Waals surface area (Å²) in [5, 5.41) is 23.2. The molecule has 0 heterocycles. The van der Waals surface area contributed by atoms with Crippen LogP contribution in [0.4, 0.5) is 0 Å². The van der Waals surface area contributed by atoms with Crippen molar-refractivity contribution in [2.24, 2.45) is 62.1 Å². The number of esters is 1. The monoisotopic (exact) mass is 655 g/mol. The maximum Gasteiger partial charge on any atom is 0.309 e. The molecule has 7 nitrogen and oxygen atoms in total. The number of carboxylic acids is 1. The van der Waals surface area contributed by atoms with Gasteiger partial charge in [0.15, 0.2) is 0 Å². The number of carbonyl (C=O) groups excluding carboxylic acids is 2. The fourth-order valence-corrected chi connectivity index (χ4v) is 12.8. The van der Waals surface area contributed by atoms with Gasteiger partial charge >= 0.3 is 11.9 Å². The Morgan fingerprint density at radius 2 is 1.51 bits per heavy atom. The van der Waals surface area contributed by atoms with Crippen LogP contribution < -0.4 is 5.32 Å². The van der Waals surface area contributed by atoms with Crippen LogP contribution in [0.3, 0.4) is 0 Å². The van der Waals surface area contributed by atoms with Gasteiger partial charge in [-0.15, -0.1) is 0 Å². The molecule has 0 aliphatic heterocycles. The van der Waals surface area contributed by atoms with Crippen LogP contribution in [0.5, 0.6) is 0 Å². The van der Waals surface area contributed by atoms with Gasteiger partial charge in [0.05, 0.1) is 22.9 Å². The van der Waals surface area contributed by atoms with Crippen LogP contribution in [-0.2, 0) is 19.1 Å². The first-order valence-electron chi connectivity index (χ1n) is 18.6. The van der Waals surface area contributed by atoms with Crippen molar-refractivity contribution in [1.82, 2.24) is 5.32 Å². The van der Waals surface area contributed by atoms with Crippen molar-refractivity contribution in [3.63, 3.8) is 0 Å². The number of carbonyl (C=O) groups is 3. The maximum absolute atomic E-state index is 14.2. The minimum atomic E-state index is -1.15. The summed E-state index contributed by atoms with van der Waals surface area (Å²) >= 11 is 0. The molecule has 5 aliphatic carbocycles. The number of rotatable bonds is 8. The lowest BCUT2D eigenvalue weighted by Gasteiger charge is -2.72. The third-order valence-corrected chi connectivity index (χ3v) is 15.6. The van der Waals surface area contributed by atoms with E-state index < -0.39 is 28.4 Å². The van der Waals surface area contributed by atoms with Crippen LogP contribution in [0.15, 0.2) is 12.2 Å². The Kier molecular flexibility index (Phi) is 8.97. The van der Waals surface area contributed by atoms with Gasteiger partial charge in [-0.2, -0.15) is 0 Å². The van der Waals surface area contributed by atoms with Gasteiger partial charge < -0.3 is 20.3 Å². The summed E-state index contributed by atoms with van der Waals surface area (Å²) in [6.45, 7) is 25.8. The Bertz CT molecular complexity index is 1300. The van der Waals surface area contributed by atoms with Gasteiger partial charge in [0.1, 0.15) is 6.10 Å². The number of amides is 1. The van der Waals surface area contributed by atoms with Crippen LogP contribution in [0.25, 0.3) is 0 Å². The molecule has 5 aliphatic rings. The van der Waals surface area contributed by atoms with E-state index in [2.05, 4.69) is 53.4 Å². The number of nitrogens with one attached hydrogen (secondary N) is 1. The number of fused-ring (bicyclic) bond motifs is 7. The number of hydrogen-bond acceptors (Lipinski definition) is 5. The molecule has 266 valence electrons. The number of aliphatic hydroxyl groups is 1. The van der Waals surface area contributed by atoms with Crippen molar-refractivity contribution >= 4 is 17.8 Å². The first-order chi connectivity index (χ1) is 21.5. The molecule has 47 heavy (non-hydrogen) atoms. The molecule has 0 saturated heterocycles. The SMILES string of the molecule is C=C(C)[C@@H]1CC[C@]2(C(=O)NCC(C)(C)O)CC[C@]3(C)[C@H](CC[C@@H]4[C@@]5(C)CC[C@H](OC(=O)CC(C)(C)C(=O)O)C(C)(C)[C@@H]5CC[C@]43C)[C@@H]12. The second kappa shape index (κ2) is 11.6. The molecule has 0 aromatic heterocycles. The molecule has 0 bridgehead atoms. The number of ether oxygens (including phenoxy) is 1. The van der Waals surface area contributed by atoms with Gasteiger partial charge in [-0.1, -0.05) is 46.8 Å². The smallest absolute Gasteiger partial charge is 0.309 e. The zero-order valence-electron chi connectivity index (χ0n) is 31.2. The summed E-state index contributed by atoms with van der Waals surface area (Å²) in [5.41, 5.74) is -1.17. The lowest BCUT2D eigenvalue weighted by atomic mass is 9.32. The molecule has 1 amide bonds. The first kappa shape index (κ1) is 36.4. The fraction of sp³-hybridized carbons (Fsp3) is 0.875. The van der Waals surface area contributed by atoms with E-state index in [4.69, 9.17) is 4.74 Å². The lowest BCUT2D eigenvalue weighted by molar-refractivity contribution is -0.249. The molecule has 0 unspecified atom stereocenters. The molecule has 5 rings (SSSR count). The molecular weight excluding hydrogens is 590 g/mol. The Morgan fingerprint density at radius 3 is 2.11 bits per heavy atom. The fourth-order valence-electron chi connectivity index (χ4n) is 12.8. The van der Waals surface area contributed by atoms with Crippen molar-refractivity contribution in [1.29, 1.82) is 0 Å². The highest BCUT2D eigenvalue weighted by Crippen LogP contribution is 2.77. The molecule has 0 aromatic carbocycles. The summed E-state index contributed by atoms with van der Waals surface area (Å²) in [7, 11) is 0. The van der Waals surface area contributed by atoms with Crippen molar-refractivity contribution in [2.45, 2.75) is 152 Å². The molecular formula is C40H65NO6. The predicted molar refractivity (Wildman–Crippen MR) is 184 cm³/mol. The molecule has 0 aromatic rings. The Labute approximate surface area is 284 Å². The second-order valence-corrected chi connectivity index (χ2v) is 19.5. The van der Waals surface area contributed by atoms with Crippen LogP contribution in [0, 0.1) is 62.1 Å². The summed E-state index contributed by atoms with van der Waals surface area (Å²) in [6.07, 6.45) is 9.80. The van der Waals surface area contributed by atoms with E-state index in [0.717, 1.165) is 64.2 Å². The highest BCUT2D eigenvalue weighted by molar-refractivity contribution is 5.84. The van der Waals surface area contributed by atoms with Gasteiger partial charge in [-0.25, -0.2) is 0 Å². The van der Waals surface area contributed by atoms with Gasteiger partial charge in [0.2, 0.25) is 5.91 Å². The number of allylic oxidation sites excluding steroid dienone is 1. The standard InChI is InChI=1S/C40H65NO6/c1-24(2)25-14-19-40(32(43)41-23-35(5,6)46)21-20-38(10)26(31(25)40)12-13-28-37(9)17-16-29(47-30(42)22-34(3,4)33(44)45)36(7,8)27(37)15-18-39(28,38)11/h25-29,31,46H,1,12-23H2,2-11H3,(H,41,43)(H,44,45)/t25-,26+,27-,28+,29-,31+,37-,38+,39+,40-/m0/s1. The molecule has 0 radical (unpaired) electrons. The number of hydrogen-bond donors (Lipinski definition) is 3. The van der Waals surface area contributed by atoms with E-state index in [1.54, 1.807) is 27.7 Å². The van der Waals surface area contributed by atoms with Crippen LogP contribution in [0.2, 0.25) is 0 Å². The molecule has 0 spiro atoms. The first-order valence-corrected chi connectivity index (χ1v) is 18.6. The van der Waals surface area contributed by atoms with Crippen LogP contribution >= 0.6 is 0 Å². The molecule has 3 N–H and O–H groups in total. The van der Waals surface area contributed by atoms with E-state index in [1.807, 2.05) is 0 Å². The minimum absolute atomic E-state index is 0.0997. The number of aliphatic carboxylic acids is 1. The van der Waals surface area contributed by atoms with Gasteiger partial charge in [-0.05, 0) is 145 Å². The molecule has 5 fully saturated rings. The topological polar surface area (TPSA) is 113 Å². The second-order valence-electron chi connectivity index (χ2n) is 19.5. The predicted octanol–water partition coefficient (Wildman–Crippen LogP) is 7.94. The van der Waals surface area contributed by atoms with Crippen LogP contribution in [0.1, 0.15) is 140 Å². The summed E-state index contributed by atoms with van der Waals surface area (Å²) < 4.78 is 6.15. The normalized spacial score (nSPS) is 42.6. The van der Waals surface area contributed by atoms with Gasteiger partial charge in [-0.3, -0.25) is 14.4 Å². The quantitative estimate of drug-likeness (QED) is 0.181. The van der Waals surface area contributed by atoms with E-state index in [0.29, 0.717) is 23.7 Å². The van der Waals surface area contributed by atoms with E-state index in [1.165, 1.54) is 5.57 Å². The average Bonchev–Trinajstić information content (AvgIpc) is 3.34. The van der Waals surface area contributed by atoms with E-state index >= 15 is 0 Å². The minimum Gasteiger partial charge on any atom is -0.481 e.